The molecule has 110 valence electrons. The van der Waals surface area contributed by atoms with Gasteiger partial charge < -0.3 is 15.6 Å². The Bertz CT molecular complexity index is 417. The van der Waals surface area contributed by atoms with Gasteiger partial charge in [-0.2, -0.15) is 0 Å². The molecule has 0 aromatic heterocycles. The van der Waals surface area contributed by atoms with Crippen LogP contribution in [0.5, 0.6) is 0 Å². The molecule has 0 spiro atoms. The Kier molecular flexibility index (Phi) is 7.62. The fourth-order valence-electron chi connectivity index (χ4n) is 1.85. The molecule has 1 aromatic rings. The molecule has 0 heterocycles. The van der Waals surface area contributed by atoms with Gasteiger partial charge in [0.1, 0.15) is 0 Å². The maximum atomic E-state index is 10.9. The summed E-state index contributed by atoms with van der Waals surface area (Å²) in [6, 6.07) is 9.52. The first-order chi connectivity index (χ1) is 9.63. The lowest BCUT2D eigenvalue weighted by molar-refractivity contribution is -0.140. The molecule has 0 aliphatic rings. The predicted octanol–water partition coefficient (Wildman–Crippen LogP) is 1.82. The van der Waals surface area contributed by atoms with E-state index < -0.39 is 6.10 Å². The average molecular weight is 277 g/mol. The number of carbonyl (C=O) groups excluding carboxylic acids is 1. The minimum atomic E-state index is -0.673. The molecule has 0 radical (unpaired) electrons. The van der Waals surface area contributed by atoms with Gasteiger partial charge in [-0.3, -0.25) is 4.79 Å². The van der Waals surface area contributed by atoms with Gasteiger partial charge in [-0.25, -0.2) is 0 Å². The summed E-state index contributed by atoms with van der Waals surface area (Å²) in [5.74, 6) is -0.209. The van der Waals surface area contributed by atoms with E-state index in [1.54, 1.807) is 6.08 Å². The van der Waals surface area contributed by atoms with Gasteiger partial charge in [0.15, 0.2) is 0 Å². The van der Waals surface area contributed by atoms with Gasteiger partial charge in [0.2, 0.25) is 0 Å². The molecule has 4 nitrogen and oxygen atoms in total. The normalized spacial score (nSPS) is 14.2. The number of ether oxygens (including phenoxy) is 1. The number of esters is 1. The van der Waals surface area contributed by atoms with E-state index in [9.17, 15) is 9.90 Å². The summed E-state index contributed by atoms with van der Waals surface area (Å²) in [5, 5.41) is 9.93. The highest BCUT2D eigenvalue weighted by Gasteiger charge is 2.11. The molecule has 0 saturated carbocycles. The zero-order valence-corrected chi connectivity index (χ0v) is 11.9. The number of hydrogen-bond donors (Lipinski definition) is 2. The minimum Gasteiger partial charge on any atom is -0.469 e. The van der Waals surface area contributed by atoms with E-state index in [-0.39, 0.29) is 12.0 Å². The molecule has 3 N–H and O–H groups in total. The summed E-state index contributed by atoms with van der Waals surface area (Å²) >= 11 is 0. The van der Waals surface area contributed by atoms with Crippen LogP contribution in [0.15, 0.2) is 42.5 Å². The fraction of sp³-hybridized carbons (Fsp3) is 0.438. The molecule has 0 amide bonds. The first kappa shape index (κ1) is 16.4. The Labute approximate surface area is 120 Å². The van der Waals surface area contributed by atoms with E-state index in [4.69, 9.17) is 5.73 Å². The van der Waals surface area contributed by atoms with Gasteiger partial charge in [0.25, 0.3) is 0 Å². The zero-order valence-electron chi connectivity index (χ0n) is 11.9. The highest BCUT2D eigenvalue weighted by Crippen LogP contribution is 2.06. The van der Waals surface area contributed by atoms with Crippen LogP contribution in [0.2, 0.25) is 0 Å². The number of unbranched alkanes of at least 4 members (excludes halogenated alkanes) is 1. The number of hydrogen-bond acceptors (Lipinski definition) is 4. The van der Waals surface area contributed by atoms with Gasteiger partial charge in [-0.05, 0) is 24.8 Å². The third-order valence-corrected chi connectivity index (χ3v) is 3.07. The van der Waals surface area contributed by atoms with Crippen molar-refractivity contribution < 1.29 is 14.6 Å². The number of benzene rings is 1. The van der Waals surface area contributed by atoms with Crippen molar-refractivity contribution in [1.29, 1.82) is 0 Å². The van der Waals surface area contributed by atoms with Crippen molar-refractivity contribution in [3.8, 4) is 0 Å². The Balaban J connectivity index is 2.27. The monoisotopic (exact) mass is 277 g/mol. The molecule has 0 bridgehead atoms. The number of allylic oxidation sites excluding steroid dienone is 1. The van der Waals surface area contributed by atoms with Crippen molar-refractivity contribution in [3.63, 3.8) is 0 Å². The van der Waals surface area contributed by atoms with Crippen LogP contribution < -0.4 is 5.73 Å². The van der Waals surface area contributed by atoms with Crippen LogP contribution in [-0.4, -0.2) is 30.3 Å². The molecule has 0 aliphatic heterocycles. The third kappa shape index (κ3) is 6.50. The summed E-state index contributed by atoms with van der Waals surface area (Å²) in [6.07, 6.45) is 5.35. The first-order valence-electron chi connectivity index (χ1n) is 6.84. The Hall–Kier alpha value is -1.65. The molecule has 1 rings (SSSR count). The van der Waals surface area contributed by atoms with Crippen LogP contribution in [0.3, 0.4) is 0 Å². The van der Waals surface area contributed by atoms with Crippen LogP contribution >= 0.6 is 0 Å². The molecule has 0 aliphatic carbocycles. The van der Waals surface area contributed by atoms with E-state index in [2.05, 4.69) is 4.74 Å². The number of methoxy groups -OCH3 is 1. The van der Waals surface area contributed by atoms with E-state index in [0.29, 0.717) is 19.3 Å². The van der Waals surface area contributed by atoms with Crippen molar-refractivity contribution in [2.75, 3.05) is 7.11 Å². The number of carbonyl (C=O) groups is 1. The standard InChI is InChI=1S/C16H23NO3/c1-20-16(19)11-7-3-6-10-15(18)14(17)12-13-8-4-2-5-9-13/h2,4-6,8-10,14-15,18H,3,7,11-12,17H2,1H3/b10-6+/t14-,15-/m0/s1. The Morgan fingerprint density at radius 1 is 1.40 bits per heavy atom. The van der Waals surface area contributed by atoms with Crippen molar-refractivity contribution in [3.05, 3.63) is 48.0 Å². The minimum absolute atomic E-state index is 0.209. The van der Waals surface area contributed by atoms with Gasteiger partial charge in [0, 0.05) is 12.5 Å². The lowest BCUT2D eigenvalue weighted by Gasteiger charge is -2.15. The van der Waals surface area contributed by atoms with Crippen molar-refractivity contribution in [1.82, 2.24) is 0 Å². The molecule has 0 unspecified atom stereocenters. The van der Waals surface area contributed by atoms with Crippen LogP contribution in [0.1, 0.15) is 24.8 Å². The van der Waals surface area contributed by atoms with E-state index in [1.807, 2.05) is 36.4 Å². The maximum Gasteiger partial charge on any atom is 0.305 e. The highest BCUT2D eigenvalue weighted by atomic mass is 16.5. The molecule has 0 fully saturated rings. The zero-order chi connectivity index (χ0) is 14.8. The number of aliphatic hydroxyl groups is 1. The Morgan fingerprint density at radius 3 is 2.75 bits per heavy atom. The summed E-state index contributed by atoms with van der Waals surface area (Å²) in [4.78, 5) is 10.9. The SMILES string of the molecule is COC(=O)CCC/C=C/[C@H](O)[C@@H](N)Cc1ccccc1. The lowest BCUT2D eigenvalue weighted by Crippen LogP contribution is -2.35. The smallest absolute Gasteiger partial charge is 0.305 e. The second kappa shape index (κ2) is 9.28. The highest BCUT2D eigenvalue weighted by molar-refractivity contribution is 5.69. The average Bonchev–Trinajstić information content (AvgIpc) is 2.47. The second-order valence-corrected chi connectivity index (χ2v) is 4.74. The predicted molar refractivity (Wildman–Crippen MR) is 79.1 cm³/mol. The Morgan fingerprint density at radius 2 is 2.10 bits per heavy atom. The number of rotatable bonds is 8. The topological polar surface area (TPSA) is 72.5 Å². The first-order valence-corrected chi connectivity index (χ1v) is 6.84. The molecular formula is C16H23NO3. The van der Waals surface area contributed by atoms with E-state index in [1.165, 1.54) is 7.11 Å². The van der Waals surface area contributed by atoms with E-state index >= 15 is 0 Å². The molecule has 0 saturated heterocycles. The third-order valence-electron chi connectivity index (χ3n) is 3.07. The maximum absolute atomic E-state index is 10.9. The molecule has 20 heavy (non-hydrogen) atoms. The van der Waals surface area contributed by atoms with Crippen LogP contribution in [0, 0.1) is 0 Å². The van der Waals surface area contributed by atoms with Gasteiger partial charge >= 0.3 is 5.97 Å². The summed E-state index contributed by atoms with van der Waals surface area (Å²) in [5.41, 5.74) is 7.07. The van der Waals surface area contributed by atoms with Crippen molar-refractivity contribution in [2.24, 2.45) is 5.73 Å². The lowest BCUT2D eigenvalue weighted by atomic mass is 10.0. The summed E-state index contributed by atoms with van der Waals surface area (Å²) < 4.78 is 4.55. The van der Waals surface area contributed by atoms with E-state index in [0.717, 1.165) is 12.0 Å². The second-order valence-electron chi connectivity index (χ2n) is 4.74. The summed E-state index contributed by atoms with van der Waals surface area (Å²) in [6.45, 7) is 0. The van der Waals surface area contributed by atoms with Crippen LogP contribution in [0.4, 0.5) is 0 Å². The van der Waals surface area contributed by atoms with Gasteiger partial charge in [-0.1, -0.05) is 42.5 Å². The van der Waals surface area contributed by atoms with Crippen molar-refractivity contribution in [2.45, 2.75) is 37.8 Å². The summed E-state index contributed by atoms with van der Waals surface area (Å²) in [7, 11) is 1.38. The molecular weight excluding hydrogens is 254 g/mol. The van der Waals surface area contributed by atoms with Crippen LogP contribution in [-0.2, 0) is 16.0 Å². The largest absolute Gasteiger partial charge is 0.469 e. The van der Waals surface area contributed by atoms with Gasteiger partial charge in [-0.15, -0.1) is 0 Å². The number of nitrogens with two attached hydrogens (primary N) is 1. The number of aliphatic hydroxyl groups excluding tert-OH is 1. The van der Waals surface area contributed by atoms with Crippen molar-refractivity contribution >= 4 is 5.97 Å². The van der Waals surface area contributed by atoms with Gasteiger partial charge in [0.05, 0.1) is 13.2 Å². The fourth-order valence-corrected chi connectivity index (χ4v) is 1.85. The molecule has 1 aromatic carbocycles. The quantitative estimate of drug-likeness (QED) is 0.432. The van der Waals surface area contributed by atoms with Crippen LogP contribution in [0.25, 0.3) is 0 Å². The molecule has 4 heteroatoms. The molecule has 2 atom stereocenters.